The first-order valence-corrected chi connectivity index (χ1v) is 4.42. The number of benzene rings is 1. The van der Waals surface area contributed by atoms with Gasteiger partial charge in [-0.15, -0.1) is 0 Å². The number of hydrogen-bond acceptors (Lipinski definition) is 2. The first kappa shape index (κ1) is 8.40. The van der Waals surface area contributed by atoms with Crippen molar-refractivity contribution >= 4 is 15.9 Å². The van der Waals surface area contributed by atoms with Gasteiger partial charge in [-0.25, -0.2) is 0 Å². The largest absolute Gasteiger partial charge is 0.150 e. The second kappa shape index (κ2) is 4.23. The Kier molecular flexibility index (Phi) is 3.23. The summed E-state index contributed by atoms with van der Waals surface area (Å²) in [6.45, 7) is 0.266. The smallest absolute Gasteiger partial charge is 0.106 e. The van der Waals surface area contributed by atoms with Crippen LogP contribution in [-0.2, 0) is 11.9 Å². The van der Waals surface area contributed by atoms with Crippen molar-refractivity contribution in [3.05, 3.63) is 40.3 Å². The van der Waals surface area contributed by atoms with Gasteiger partial charge in [0.05, 0.1) is 0 Å². The van der Waals surface area contributed by atoms with E-state index in [-0.39, 0.29) is 6.54 Å². The summed E-state index contributed by atoms with van der Waals surface area (Å²) in [6.07, 6.45) is 0. The van der Waals surface area contributed by atoms with E-state index in [1.807, 2.05) is 24.3 Å². The van der Waals surface area contributed by atoms with Crippen LogP contribution in [0.1, 0.15) is 11.1 Å². The Hall–Kier alpha value is -0.700. The maximum absolute atomic E-state index is 9.87. The lowest BCUT2D eigenvalue weighted by Gasteiger charge is -1.95. The third kappa shape index (κ3) is 2.42. The van der Waals surface area contributed by atoms with Crippen LogP contribution < -0.4 is 0 Å². The molecule has 1 aromatic rings. The van der Waals surface area contributed by atoms with E-state index in [2.05, 4.69) is 21.1 Å². The maximum atomic E-state index is 9.87. The van der Waals surface area contributed by atoms with Crippen molar-refractivity contribution in [3.8, 4) is 0 Å². The minimum atomic E-state index is 0.266. The second-order valence-corrected chi connectivity index (χ2v) is 2.80. The van der Waals surface area contributed by atoms with Crippen LogP contribution in [0.3, 0.4) is 0 Å². The van der Waals surface area contributed by atoms with E-state index in [4.69, 9.17) is 0 Å². The molecule has 0 saturated heterocycles. The van der Waals surface area contributed by atoms with Gasteiger partial charge in [0.25, 0.3) is 0 Å². The molecular weight excluding hydrogens is 206 g/mol. The summed E-state index contributed by atoms with van der Waals surface area (Å²) < 4.78 is 0. The minimum absolute atomic E-state index is 0.266. The van der Waals surface area contributed by atoms with Crippen LogP contribution in [0.5, 0.6) is 0 Å². The summed E-state index contributed by atoms with van der Waals surface area (Å²) in [5.41, 5.74) is 2.17. The van der Waals surface area contributed by atoms with E-state index in [1.54, 1.807) is 0 Å². The van der Waals surface area contributed by atoms with E-state index in [0.29, 0.717) is 0 Å². The van der Waals surface area contributed by atoms with Crippen LogP contribution in [0, 0.1) is 4.91 Å². The molecule has 0 aliphatic carbocycles. The Bertz CT molecular complexity index is 232. The number of hydrogen-bond donors (Lipinski definition) is 0. The quantitative estimate of drug-likeness (QED) is 0.561. The zero-order valence-corrected chi connectivity index (χ0v) is 7.54. The fraction of sp³-hybridized carbons (Fsp3) is 0.250. The van der Waals surface area contributed by atoms with Gasteiger partial charge in [-0.05, 0) is 11.1 Å². The van der Waals surface area contributed by atoms with E-state index in [1.165, 1.54) is 5.56 Å². The van der Waals surface area contributed by atoms with Crippen molar-refractivity contribution in [2.45, 2.75) is 11.9 Å². The van der Waals surface area contributed by atoms with Gasteiger partial charge in [0, 0.05) is 5.33 Å². The highest BCUT2D eigenvalue weighted by atomic mass is 79.9. The van der Waals surface area contributed by atoms with Gasteiger partial charge >= 0.3 is 0 Å². The molecule has 0 spiro atoms. The number of rotatable bonds is 3. The summed E-state index contributed by atoms with van der Waals surface area (Å²) in [4.78, 5) is 9.87. The van der Waals surface area contributed by atoms with Crippen LogP contribution in [0.2, 0.25) is 0 Å². The van der Waals surface area contributed by atoms with E-state index < -0.39 is 0 Å². The molecule has 0 fully saturated rings. The van der Waals surface area contributed by atoms with Crippen molar-refractivity contribution in [2.75, 3.05) is 0 Å². The molecule has 0 aliphatic heterocycles. The van der Waals surface area contributed by atoms with Crippen molar-refractivity contribution in [3.63, 3.8) is 0 Å². The molecule has 1 aromatic carbocycles. The average molecular weight is 214 g/mol. The molecule has 0 atom stereocenters. The third-order valence-corrected chi connectivity index (χ3v) is 2.07. The van der Waals surface area contributed by atoms with Crippen LogP contribution >= 0.6 is 15.9 Å². The highest BCUT2D eigenvalue weighted by Crippen LogP contribution is 2.08. The first-order valence-electron chi connectivity index (χ1n) is 3.29. The number of nitrogens with zero attached hydrogens (tertiary/aromatic N) is 1. The fourth-order valence-corrected chi connectivity index (χ4v) is 1.18. The molecule has 0 amide bonds. The van der Waals surface area contributed by atoms with Crippen molar-refractivity contribution < 1.29 is 0 Å². The molecular formula is C8H8BrNO. The van der Waals surface area contributed by atoms with Crippen LogP contribution in [0.15, 0.2) is 29.4 Å². The van der Waals surface area contributed by atoms with Crippen molar-refractivity contribution in [1.29, 1.82) is 0 Å². The maximum Gasteiger partial charge on any atom is 0.106 e. The Morgan fingerprint density at radius 3 is 2.18 bits per heavy atom. The Balaban J connectivity index is 2.74. The van der Waals surface area contributed by atoms with Gasteiger partial charge in [0.2, 0.25) is 0 Å². The van der Waals surface area contributed by atoms with Crippen LogP contribution in [0.4, 0.5) is 0 Å². The lowest BCUT2D eigenvalue weighted by Crippen LogP contribution is -1.81. The monoisotopic (exact) mass is 213 g/mol. The average Bonchev–Trinajstić information content (AvgIpc) is 2.07. The molecule has 2 nitrogen and oxygen atoms in total. The Labute approximate surface area is 73.7 Å². The highest BCUT2D eigenvalue weighted by Gasteiger charge is 1.91. The summed E-state index contributed by atoms with van der Waals surface area (Å²) >= 11 is 3.34. The lowest BCUT2D eigenvalue weighted by molar-refractivity contribution is 1.05. The molecule has 3 heteroatoms. The summed E-state index contributed by atoms with van der Waals surface area (Å²) in [6, 6.07) is 7.79. The van der Waals surface area contributed by atoms with Gasteiger partial charge in [-0.2, -0.15) is 4.91 Å². The second-order valence-electron chi connectivity index (χ2n) is 2.24. The molecule has 0 aliphatic rings. The highest BCUT2D eigenvalue weighted by molar-refractivity contribution is 9.08. The Morgan fingerprint density at radius 2 is 1.73 bits per heavy atom. The predicted octanol–water partition coefficient (Wildman–Crippen LogP) is 2.85. The number of nitroso groups, excluding NO2 is 1. The lowest BCUT2D eigenvalue weighted by atomic mass is 10.2. The fourth-order valence-electron chi connectivity index (χ4n) is 0.808. The van der Waals surface area contributed by atoms with Gasteiger partial charge in [0.1, 0.15) is 6.54 Å². The van der Waals surface area contributed by atoms with E-state index in [0.717, 1.165) is 10.9 Å². The predicted molar refractivity (Wildman–Crippen MR) is 48.6 cm³/mol. The normalized spacial score (nSPS) is 9.55. The van der Waals surface area contributed by atoms with Gasteiger partial charge in [-0.1, -0.05) is 45.4 Å². The molecule has 11 heavy (non-hydrogen) atoms. The topological polar surface area (TPSA) is 29.4 Å². The standard InChI is InChI=1S/C8H8BrNO/c9-5-7-1-3-8(4-2-7)6-10-11/h1-4H,5-6H2. The van der Waals surface area contributed by atoms with Gasteiger partial charge in [0.15, 0.2) is 0 Å². The van der Waals surface area contributed by atoms with E-state index in [9.17, 15) is 4.91 Å². The first-order chi connectivity index (χ1) is 5.36. The summed E-state index contributed by atoms with van der Waals surface area (Å²) in [5, 5.41) is 3.65. The van der Waals surface area contributed by atoms with Crippen molar-refractivity contribution in [2.24, 2.45) is 5.18 Å². The number of alkyl halides is 1. The molecule has 0 radical (unpaired) electrons. The van der Waals surface area contributed by atoms with Gasteiger partial charge in [-0.3, -0.25) is 0 Å². The molecule has 0 aromatic heterocycles. The molecule has 1 rings (SSSR count). The molecule has 0 N–H and O–H groups in total. The van der Waals surface area contributed by atoms with E-state index >= 15 is 0 Å². The van der Waals surface area contributed by atoms with Crippen LogP contribution in [-0.4, -0.2) is 0 Å². The summed E-state index contributed by atoms with van der Waals surface area (Å²) in [7, 11) is 0. The molecule has 0 unspecified atom stereocenters. The van der Waals surface area contributed by atoms with Gasteiger partial charge < -0.3 is 0 Å². The molecule has 0 saturated carbocycles. The third-order valence-electron chi connectivity index (χ3n) is 1.42. The summed E-state index contributed by atoms with van der Waals surface area (Å²) in [5.74, 6) is 0. The molecule has 0 bridgehead atoms. The van der Waals surface area contributed by atoms with Crippen molar-refractivity contribution in [1.82, 2.24) is 0 Å². The molecule has 0 heterocycles. The zero-order chi connectivity index (χ0) is 8.10. The zero-order valence-electron chi connectivity index (χ0n) is 5.96. The molecule has 58 valence electrons. The SMILES string of the molecule is O=NCc1ccc(CBr)cc1. The van der Waals surface area contributed by atoms with Crippen LogP contribution in [0.25, 0.3) is 0 Å². The number of halogens is 1. The minimum Gasteiger partial charge on any atom is -0.150 e. The Morgan fingerprint density at radius 1 is 1.18 bits per heavy atom.